The molecule has 2 aromatic rings. The van der Waals surface area contributed by atoms with E-state index in [9.17, 15) is 0 Å². The third kappa shape index (κ3) is 1.07. The van der Waals surface area contributed by atoms with Crippen molar-refractivity contribution in [3.05, 3.63) is 35.5 Å². The molecule has 0 spiro atoms. The van der Waals surface area contributed by atoms with E-state index in [-0.39, 0.29) is 11.3 Å². The van der Waals surface area contributed by atoms with Crippen LogP contribution in [0.3, 0.4) is 0 Å². The predicted molar refractivity (Wildman–Crippen MR) is 49.0 cm³/mol. The minimum Gasteiger partial charge on any atom is -0.192 e. The van der Waals surface area contributed by atoms with Gasteiger partial charge in [-0.15, -0.1) is 10.2 Å². The zero-order chi connectivity index (χ0) is 9.97. The Balaban J connectivity index is 2.94. The molecule has 64 valence electrons. The summed E-state index contributed by atoms with van der Waals surface area (Å²) >= 11 is 0. The maximum Gasteiger partial charge on any atom is 0.181 e. The van der Waals surface area contributed by atoms with Crippen molar-refractivity contribution in [2.75, 3.05) is 0 Å². The van der Waals surface area contributed by atoms with Crippen molar-refractivity contribution in [2.24, 2.45) is 0 Å². The third-order valence-electron chi connectivity index (χ3n) is 1.89. The maximum atomic E-state index is 8.88. The second-order valence-corrected chi connectivity index (χ2v) is 2.66. The van der Waals surface area contributed by atoms with E-state index in [1.165, 1.54) is 0 Å². The molecule has 0 saturated carbocycles. The van der Waals surface area contributed by atoms with Crippen LogP contribution in [0, 0.1) is 22.7 Å². The van der Waals surface area contributed by atoms with Crippen LogP contribution in [-0.2, 0) is 0 Å². The standard InChI is InChI=1S/C10H4N4/c11-5-8-7-3-1-2-4-9(7)13-14-10(8)6-12/h1-4H. The number of rotatable bonds is 0. The van der Waals surface area contributed by atoms with Gasteiger partial charge < -0.3 is 0 Å². The molecule has 0 aliphatic carbocycles. The van der Waals surface area contributed by atoms with E-state index in [1.807, 2.05) is 18.2 Å². The lowest BCUT2D eigenvalue weighted by Gasteiger charge is -1.98. The van der Waals surface area contributed by atoms with E-state index in [0.29, 0.717) is 10.9 Å². The minimum atomic E-state index is 0.0752. The summed E-state index contributed by atoms with van der Waals surface area (Å²) in [7, 11) is 0. The first-order valence-electron chi connectivity index (χ1n) is 3.92. The normalized spacial score (nSPS) is 9.29. The molecule has 0 aliphatic heterocycles. The van der Waals surface area contributed by atoms with Gasteiger partial charge in [0.1, 0.15) is 12.1 Å². The Hall–Kier alpha value is -2.46. The second-order valence-electron chi connectivity index (χ2n) is 2.66. The van der Waals surface area contributed by atoms with Crippen molar-refractivity contribution in [1.29, 1.82) is 10.5 Å². The van der Waals surface area contributed by atoms with Crippen LogP contribution in [0.2, 0.25) is 0 Å². The smallest absolute Gasteiger partial charge is 0.181 e. The van der Waals surface area contributed by atoms with Crippen LogP contribution in [0.4, 0.5) is 0 Å². The first-order valence-corrected chi connectivity index (χ1v) is 3.92. The maximum absolute atomic E-state index is 8.88. The molecule has 0 aliphatic rings. The Morgan fingerprint density at radius 3 is 2.50 bits per heavy atom. The molecule has 1 heterocycles. The highest BCUT2D eigenvalue weighted by Gasteiger charge is 2.08. The molecule has 1 aromatic carbocycles. The molecule has 0 unspecified atom stereocenters. The molecule has 14 heavy (non-hydrogen) atoms. The van der Waals surface area contributed by atoms with Crippen molar-refractivity contribution >= 4 is 10.9 Å². The summed E-state index contributed by atoms with van der Waals surface area (Å²) in [5.41, 5.74) is 0.993. The van der Waals surface area contributed by atoms with E-state index < -0.39 is 0 Å². The Morgan fingerprint density at radius 1 is 1.00 bits per heavy atom. The first-order chi connectivity index (χ1) is 6.86. The molecule has 0 bridgehead atoms. The molecule has 4 heteroatoms. The highest BCUT2D eigenvalue weighted by Crippen LogP contribution is 2.16. The second kappa shape index (κ2) is 3.12. The zero-order valence-electron chi connectivity index (χ0n) is 7.10. The molecule has 4 nitrogen and oxygen atoms in total. The Bertz CT molecular complexity index is 575. The Labute approximate surface area is 80.0 Å². The monoisotopic (exact) mass is 180 g/mol. The van der Waals surface area contributed by atoms with Crippen LogP contribution < -0.4 is 0 Å². The molecule has 1 aromatic heterocycles. The Kier molecular flexibility index (Phi) is 1.82. The van der Waals surface area contributed by atoms with E-state index in [4.69, 9.17) is 10.5 Å². The summed E-state index contributed by atoms with van der Waals surface area (Å²) in [6.07, 6.45) is 0. The molecular formula is C10H4N4. The molecule has 0 radical (unpaired) electrons. The van der Waals surface area contributed by atoms with Gasteiger partial charge in [0, 0.05) is 5.39 Å². The van der Waals surface area contributed by atoms with Crippen LogP contribution in [0.15, 0.2) is 24.3 Å². The van der Waals surface area contributed by atoms with E-state index in [2.05, 4.69) is 10.2 Å². The highest BCUT2D eigenvalue weighted by atomic mass is 15.1. The number of hydrogen-bond donors (Lipinski definition) is 0. The van der Waals surface area contributed by atoms with Gasteiger partial charge in [0.25, 0.3) is 0 Å². The molecule has 0 saturated heterocycles. The van der Waals surface area contributed by atoms with Crippen molar-refractivity contribution in [2.45, 2.75) is 0 Å². The molecule has 0 fully saturated rings. The molecule has 2 rings (SSSR count). The first kappa shape index (κ1) is 8.15. The number of benzene rings is 1. The van der Waals surface area contributed by atoms with Gasteiger partial charge in [0.15, 0.2) is 5.69 Å². The average Bonchev–Trinajstić information content (AvgIpc) is 2.27. The van der Waals surface area contributed by atoms with Crippen molar-refractivity contribution in [3.63, 3.8) is 0 Å². The van der Waals surface area contributed by atoms with Gasteiger partial charge in [-0.2, -0.15) is 10.5 Å². The van der Waals surface area contributed by atoms with Crippen molar-refractivity contribution < 1.29 is 0 Å². The fourth-order valence-corrected chi connectivity index (χ4v) is 1.25. The summed E-state index contributed by atoms with van der Waals surface area (Å²) in [4.78, 5) is 0. The fourth-order valence-electron chi connectivity index (χ4n) is 1.25. The highest BCUT2D eigenvalue weighted by molar-refractivity contribution is 5.85. The molecule has 0 atom stereocenters. The summed E-state index contributed by atoms with van der Waals surface area (Å²) in [6.45, 7) is 0. The van der Waals surface area contributed by atoms with Gasteiger partial charge in [0.05, 0.1) is 11.1 Å². The van der Waals surface area contributed by atoms with E-state index in [0.717, 1.165) is 0 Å². The number of nitriles is 2. The summed E-state index contributed by atoms with van der Waals surface area (Å²) in [5, 5.41) is 25.8. The number of nitrogens with zero attached hydrogens (tertiary/aromatic N) is 4. The third-order valence-corrected chi connectivity index (χ3v) is 1.89. The van der Waals surface area contributed by atoms with Gasteiger partial charge in [-0.25, -0.2) is 0 Å². The number of hydrogen-bond acceptors (Lipinski definition) is 4. The number of fused-ring (bicyclic) bond motifs is 1. The van der Waals surface area contributed by atoms with Gasteiger partial charge in [0.2, 0.25) is 0 Å². The SMILES string of the molecule is N#Cc1nnc2ccccc2c1C#N. The fraction of sp³-hybridized carbons (Fsp3) is 0. The van der Waals surface area contributed by atoms with E-state index >= 15 is 0 Å². The lowest BCUT2D eigenvalue weighted by Crippen LogP contribution is -1.94. The van der Waals surface area contributed by atoms with Crippen LogP contribution >= 0.6 is 0 Å². The van der Waals surface area contributed by atoms with Crippen molar-refractivity contribution in [3.8, 4) is 12.1 Å². The largest absolute Gasteiger partial charge is 0.192 e. The topological polar surface area (TPSA) is 73.4 Å². The van der Waals surface area contributed by atoms with Gasteiger partial charge in [-0.05, 0) is 6.07 Å². The summed E-state index contributed by atoms with van der Waals surface area (Å²) in [6, 6.07) is 10.9. The molecule has 0 amide bonds. The summed E-state index contributed by atoms with van der Waals surface area (Å²) in [5.74, 6) is 0. The van der Waals surface area contributed by atoms with Crippen LogP contribution in [0.5, 0.6) is 0 Å². The number of aromatic nitrogens is 2. The average molecular weight is 180 g/mol. The van der Waals surface area contributed by atoms with Crippen LogP contribution in [0.25, 0.3) is 10.9 Å². The minimum absolute atomic E-state index is 0.0752. The van der Waals surface area contributed by atoms with E-state index in [1.54, 1.807) is 18.2 Å². The zero-order valence-corrected chi connectivity index (χ0v) is 7.10. The van der Waals surface area contributed by atoms with Crippen molar-refractivity contribution in [1.82, 2.24) is 10.2 Å². The lowest BCUT2D eigenvalue weighted by molar-refractivity contribution is 1.04. The van der Waals surface area contributed by atoms with Gasteiger partial charge >= 0.3 is 0 Å². The summed E-state index contributed by atoms with van der Waals surface area (Å²) < 4.78 is 0. The predicted octanol–water partition coefficient (Wildman–Crippen LogP) is 1.37. The Morgan fingerprint density at radius 2 is 1.79 bits per heavy atom. The molecule has 0 N–H and O–H groups in total. The van der Waals surface area contributed by atoms with Crippen LogP contribution in [0.1, 0.15) is 11.3 Å². The van der Waals surface area contributed by atoms with Gasteiger partial charge in [-0.3, -0.25) is 0 Å². The molecular weight excluding hydrogens is 176 g/mol. The quantitative estimate of drug-likeness (QED) is 0.613. The van der Waals surface area contributed by atoms with Crippen LogP contribution in [-0.4, -0.2) is 10.2 Å². The lowest BCUT2D eigenvalue weighted by atomic mass is 10.1. The van der Waals surface area contributed by atoms with Gasteiger partial charge in [-0.1, -0.05) is 18.2 Å².